The van der Waals surface area contributed by atoms with Gasteiger partial charge in [-0.1, -0.05) is 68.1 Å². The summed E-state index contributed by atoms with van der Waals surface area (Å²) in [6.07, 6.45) is 6.33. The normalized spacial score (nSPS) is 17.4. The molecule has 4 rings (SSSR count). The molecule has 1 fully saturated rings. The van der Waals surface area contributed by atoms with Crippen molar-refractivity contribution in [2.24, 2.45) is 10.9 Å². The van der Waals surface area contributed by atoms with E-state index in [1.165, 1.54) is 4.57 Å². The molecule has 182 valence electrons. The molecule has 0 saturated carbocycles. The third kappa shape index (κ3) is 5.35. The van der Waals surface area contributed by atoms with Crippen molar-refractivity contribution >= 4 is 28.5 Å². The van der Waals surface area contributed by atoms with E-state index in [4.69, 9.17) is 11.6 Å². The van der Waals surface area contributed by atoms with E-state index in [1.807, 2.05) is 35.2 Å². The number of likely N-dealkylation sites (tertiary alicyclic amines) is 1. The van der Waals surface area contributed by atoms with Crippen LogP contribution in [0.25, 0.3) is 0 Å². The Hall–Kier alpha value is -2.67. The van der Waals surface area contributed by atoms with Gasteiger partial charge in [0.15, 0.2) is 0 Å². The molecule has 1 saturated heterocycles. The van der Waals surface area contributed by atoms with Crippen LogP contribution in [-0.4, -0.2) is 31.7 Å². The Labute approximate surface area is 205 Å². The molecule has 3 heterocycles. The molecule has 0 spiro atoms. The van der Waals surface area contributed by atoms with Gasteiger partial charge in [-0.05, 0) is 31.2 Å². The SMILES string of the molecule is CCCCCn1c2c(c(=O)n(CCCCC3CCN(Cc4ccccc4)C3=O)c1=O)CC(Cl)=N2. The Bertz CT molecular complexity index is 1170. The van der Waals surface area contributed by atoms with Gasteiger partial charge in [-0.25, -0.2) is 9.79 Å². The van der Waals surface area contributed by atoms with Gasteiger partial charge in [0.05, 0.1) is 5.56 Å². The molecule has 0 radical (unpaired) electrons. The Morgan fingerprint density at radius 3 is 2.50 bits per heavy atom. The van der Waals surface area contributed by atoms with Gasteiger partial charge in [0.2, 0.25) is 5.91 Å². The number of halogens is 1. The van der Waals surface area contributed by atoms with Gasteiger partial charge in [0, 0.05) is 38.5 Å². The summed E-state index contributed by atoms with van der Waals surface area (Å²) in [4.78, 5) is 45.1. The predicted molar refractivity (Wildman–Crippen MR) is 135 cm³/mol. The Balaban J connectivity index is 1.36. The molecule has 0 N–H and O–H groups in total. The molecule has 7 nitrogen and oxygen atoms in total. The molecule has 34 heavy (non-hydrogen) atoms. The maximum Gasteiger partial charge on any atom is 0.332 e. The smallest absolute Gasteiger partial charge is 0.332 e. The van der Waals surface area contributed by atoms with Crippen LogP contribution >= 0.6 is 11.6 Å². The zero-order valence-electron chi connectivity index (χ0n) is 19.8. The summed E-state index contributed by atoms with van der Waals surface area (Å²) in [6.45, 7) is 4.44. The van der Waals surface area contributed by atoms with Gasteiger partial charge < -0.3 is 4.90 Å². The lowest BCUT2D eigenvalue weighted by Gasteiger charge is -2.17. The lowest BCUT2D eigenvalue weighted by atomic mass is 10.0. The van der Waals surface area contributed by atoms with Crippen molar-refractivity contribution in [1.82, 2.24) is 14.0 Å². The number of nitrogens with zero attached hydrogens (tertiary/aromatic N) is 4. The minimum atomic E-state index is -0.305. The molecule has 0 bridgehead atoms. The molecule has 1 atom stereocenters. The van der Waals surface area contributed by atoms with Gasteiger partial charge in [-0.15, -0.1) is 0 Å². The van der Waals surface area contributed by atoms with E-state index in [0.29, 0.717) is 42.6 Å². The van der Waals surface area contributed by atoms with Gasteiger partial charge in [-0.2, -0.15) is 0 Å². The maximum atomic E-state index is 13.1. The highest BCUT2D eigenvalue weighted by Crippen LogP contribution is 2.26. The third-order valence-electron chi connectivity index (χ3n) is 6.83. The van der Waals surface area contributed by atoms with E-state index in [2.05, 4.69) is 11.9 Å². The molecular formula is C26H33ClN4O3. The average molecular weight is 485 g/mol. The van der Waals surface area contributed by atoms with Gasteiger partial charge in [-0.3, -0.25) is 18.7 Å². The number of benzene rings is 1. The molecule has 1 unspecified atom stereocenters. The fourth-order valence-electron chi connectivity index (χ4n) is 4.94. The van der Waals surface area contributed by atoms with Crippen molar-refractivity contribution in [3.05, 3.63) is 62.3 Å². The highest BCUT2D eigenvalue weighted by molar-refractivity contribution is 6.66. The van der Waals surface area contributed by atoms with E-state index >= 15 is 0 Å². The van der Waals surface area contributed by atoms with Crippen molar-refractivity contribution < 1.29 is 4.79 Å². The number of hydrogen-bond acceptors (Lipinski definition) is 4. The molecule has 1 amide bonds. The summed E-state index contributed by atoms with van der Waals surface area (Å²) in [5.41, 5.74) is 1.08. The lowest BCUT2D eigenvalue weighted by molar-refractivity contribution is -0.131. The molecule has 1 aromatic heterocycles. The molecule has 2 aliphatic rings. The average Bonchev–Trinajstić information content (AvgIpc) is 3.39. The summed E-state index contributed by atoms with van der Waals surface area (Å²) in [7, 11) is 0. The molecule has 2 aromatic rings. The fourth-order valence-corrected chi connectivity index (χ4v) is 5.15. The van der Waals surface area contributed by atoms with Crippen molar-refractivity contribution in [2.45, 2.75) is 77.9 Å². The zero-order chi connectivity index (χ0) is 24.1. The van der Waals surface area contributed by atoms with E-state index < -0.39 is 0 Å². The van der Waals surface area contributed by atoms with Crippen molar-refractivity contribution in [2.75, 3.05) is 6.54 Å². The summed E-state index contributed by atoms with van der Waals surface area (Å²) in [5.74, 6) is 0.671. The Morgan fingerprint density at radius 2 is 1.74 bits per heavy atom. The van der Waals surface area contributed by atoms with Crippen LogP contribution in [0.4, 0.5) is 5.82 Å². The third-order valence-corrected chi connectivity index (χ3v) is 7.05. The maximum absolute atomic E-state index is 13.1. The molecule has 0 aliphatic carbocycles. The van der Waals surface area contributed by atoms with Crippen molar-refractivity contribution in [3.8, 4) is 0 Å². The molecule has 8 heteroatoms. The van der Waals surface area contributed by atoms with Crippen LogP contribution in [-0.2, 0) is 30.8 Å². The minimum absolute atomic E-state index is 0.0263. The highest BCUT2D eigenvalue weighted by Gasteiger charge is 2.31. The largest absolute Gasteiger partial charge is 0.338 e. The zero-order valence-corrected chi connectivity index (χ0v) is 20.6. The van der Waals surface area contributed by atoms with E-state index in [0.717, 1.165) is 50.6 Å². The van der Waals surface area contributed by atoms with Crippen LogP contribution in [0.1, 0.15) is 63.0 Å². The standard InChI is InChI=1S/C26H33ClN4O3/c1-2-3-8-14-30-23-21(17-22(27)28-23)25(33)31(26(30)34)15-9-7-12-20-13-16-29(24(20)32)18-19-10-5-4-6-11-19/h4-6,10-11,20H,2-3,7-9,12-18H2,1H3. The number of aliphatic imine (C=N–C) groups is 1. The quantitative estimate of drug-likeness (QED) is 0.447. The number of amides is 1. The van der Waals surface area contributed by atoms with Gasteiger partial charge >= 0.3 is 5.69 Å². The van der Waals surface area contributed by atoms with Crippen LogP contribution in [0.2, 0.25) is 0 Å². The van der Waals surface area contributed by atoms with Crippen LogP contribution < -0.4 is 11.2 Å². The summed E-state index contributed by atoms with van der Waals surface area (Å²) >= 11 is 6.11. The summed E-state index contributed by atoms with van der Waals surface area (Å²) in [6, 6.07) is 10.1. The Morgan fingerprint density at radius 1 is 1.00 bits per heavy atom. The lowest BCUT2D eigenvalue weighted by Crippen LogP contribution is -2.41. The van der Waals surface area contributed by atoms with Gasteiger partial charge in [0.1, 0.15) is 11.0 Å². The van der Waals surface area contributed by atoms with Gasteiger partial charge in [0.25, 0.3) is 5.56 Å². The first-order valence-electron chi connectivity index (χ1n) is 12.4. The van der Waals surface area contributed by atoms with Crippen LogP contribution in [0.3, 0.4) is 0 Å². The Kier molecular flexibility index (Phi) is 8.03. The topological polar surface area (TPSA) is 76.7 Å². The van der Waals surface area contributed by atoms with E-state index in [-0.39, 0.29) is 29.5 Å². The summed E-state index contributed by atoms with van der Waals surface area (Å²) in [5, 5.41) is 0.355. The number of carbonyl (C=O) groups is 1. The molecular weight excluding hydrogens is 452 g/mol. The van der Waals surface area contributed by atoms with Crippen LogP contribution in [0.5, 0.6) is 0 Å². The molecule has 2 aliphatic heterocycles. The summed E-state index contributed by atoms with van der Waals surface area (Å²) < 4.78 is 2.96. The van der Waals surface area contributed by atoms with E-state index in [1.54, 1.807) is 4.57 Å². The highest BCUT2D eigenvalue weighted by atomic mass is 35.5. The molecule has 1 aromatic carbocycles. The first-order chi connectivity index (χ1) is 16.5. The second-order valence-electron chi connectivity index (χ2n) is 9.29. The van der Waals surface area contributed by atoms with Crippen molar-refractivity contribution in [1.29, 1.82) is 0 Å². The monoisotopic (exact) mass is 484 g/mol. The number of carbonyl (C=O) groups excluding carboxylic acids is 1. The predicted octanol–water partition coefficient (Wildman–Crippen LogP) is 4.24. The number of unbranched alkanes of at least 4 members (excludes halogenated alkanes) is 3. The second-order valence-corrected chi connectivity index (χ2v) is 9.73. The van der Waals surface area contributed by atoms with Crippen molar-refractivity contribution in [3.63, 3.8) is 0 Å². The minimum Gasteiger partial charge on any atom is -0.338 e. The number of rotatable bonds is 11. The number of hydrogen-bond donors (Lipinski definition) is 0. The first-order valence-corrected chi connectivity index (χ1v) is 12.8. The fraction of sp³-hybridized carbons (Fsp3) is 0.538. The first kappa shape index (κ1) is 24.5. The second kappa shape index (κ2) is 11.2. The van der Waals surface area contributed by atoms with Crippen LogP contribution in [0.15, 0.2) is 44.9 Å². The van der Waals surface area contributed by atoms with Crippen LogP contribution in [0, 0.1) is 5.92 Å². The number of fused-ring (bicyclic) bond motifs is 1. The number of aromatic nitrogens is 2. The van der Waals surface area contributed by atoms with E-state index in [9.17, 15) is 14.4 Å².